The minimum atomic E-state index is -1.82. The largest absolute Gasteiger partial charge is 0.475 e. The molecule has 4 N–H and O–H groups in total. The molecule has 13 nitrogen and oxygen atoms in total. The van der Waals surface area contributed by atoms with Gasteiger partial charge in [-0.2, -0.15) is 4.37 Å². The van der Waals surface area contributed by atoms with Crippen LogP contribution in [0.3, 0.4) is 0 Å². The number of carbonyl (C=O) groups is 4. The summed E-state index contributed by atoms with van der Waals surface area (Å²) in [6.45, 7) is 6.43. The number of hydrogen-bond acceptors (Lipinski definition) is 10. The Bertz CT molecular complexity index is 789. The first kappa shape index (κ1) is 27.9. The van der Waals surface area contributed by atoms with Gasteiger partial charge in [-0.1, -0.05) is 6.08 Å². The van der Waals surface area contributed by atoms with Crippen LogP contribution in [0, 0.1) is 0 Å². The second kappa shape index (κ2) is 14.9. The Labute approximate surface area is 194 Å². The molecule has 3 heterocycles. The second-order valence-corrected chi connectivity index (χ2v) is 7.67. The number of aliphatic carboxylic acids is 4. The Kier molecular flexibility index (Phi) is 12.6. The van der Waals surface area contributed by atoms with Crippen LogP contribution in [-0.2, 0) is 19.2 Å². The van der Waals surface area contributed by atoms with E-state index < -0.39 is 23.9 Å². The van der Waals surface area contributed by atoms with Crippen molar-refractivity contribution in [2.45, 2.75) is 25.7 Å². The Balaban J connectivity index is 0.000000377. The van der Waals surface area contributed by atoms with Crippen molar-refractivity contribution in [3.63, 3.8) is 0 Å². The summed E-state index contributed by atoms with van der Waals surface area (Å²) in [4.78, 5) is 41.2. The van der Waals surface area contributed by atoms with E-state index in [1.165, 1.54) is 43.2 Å². The minimum absolute atomic E-state index is 0.725. The fraction of sp³-hybridized carbons (Fsp3) is 0.579. The number of likely N-dealkylation sites (tertiary alicyclic amines) is 1. The molecule has 184 valence electrons. The van der Waals surface area contributed by atoms with Crippen LogP contribution in [0.25, 0.3) is 5.57 Å². The SMILES string of the molecule is CN1CCC=C(c2nsnc2OCCCN2CCCC2)C1.O=C(O)C(=O)O.O=C(O)C(=O)O. The predicted octanol–water partition coefficient (Wildman–Crippen LogP) is 0.433. The lowest BCUT2D eigenvalue weighted by molar-refractivity contribution is -0.159. The molecule has 1 saturated heterocycles. The van der Waals surface area contributed by atoms with E-state index in [-0.39, 0.29) is 0 Å². The molecule has 1 fully saturated rings. The number of rotatable bonds is 6. The zero-order valence-corrected chi connectivity index (χ0v) is 19.0. The van der Waals surface area contributed by atoms with E-state index in [0.29, 0.717) is 0 Å². The molecule has 0 radical (unpaired) electrons. The average Bonchev–Trinajstić information content (AvgIpc) is 3.44. The van der Waals surface area contributed by atoms with E-state index in [0.717, 1.165) is 50.7 Å². The zero-order valence-electron chi connectivity index (χ0n) is 18.2. The minimum Gasteiger partial charge on any atom is -0.475 e. The highest BCUT2D eigenvalue weighted by Gasteiger charge is 2.18. The molecule has 0 aliphatic carbocycles. The molecule has 1 aromatic rings. The summed E-state index contributed by atoms with van der Waals surface area (Å²) in [6.07, 6.45) is 7.12. The summed E-state index contributed by atoms with van der Waals surface area (Å²) in [5.41, 5.74) is 2.21. The predicted molar refractivity (Wildman–Crippen MR) is 116 cm³/mol. The maximum atomic E-state index is 9.10. The van der Waals surface area contributed by atoms with Crippen LogP contribution in [0.4, 0.5) is 0 Å². The van der Waals surface area contributed by atoms with Crippen molar-refractivity contribution in [2.75, 3.05) is 46.4 Å². The van der Waals surface area contributed by atoms with Gasteiger partial charge < -0.3 is 35.0 Å². The van der Waals surface area contributed by atoms with Crippen LogP contribution in [0.1, 0.15) is 31.4 Å². The molecule has 0 aromatic carbocycles. The average molecular weight is 489 g/mol. The summed E-state index contributed by atoms with van der Waals surface area (Å²) in [5, 5.41) is 29.6. The van der Waals surface area contributed by atoms with Crippen molar-refractivity contribution < 1.29 is 44.3 Å². The van der Waals surface area contributed by atoms with Crippen LogP contribution in [0.5, 0.6) is 5.88 Å². The summed E-state index contributed by atoms with van der Waals surface area (Å²) in [7, 11) is 2.14. The quantitative estimate of drug-likeness (QED) is 0.319. The molecular formula is C19H28N4O9S. The van der Waals surface area contributed by atoms with Crippen molar-refractivity contribution in [2.24, 2.45) is 0 Å². The van der Waals surface area contributed by atoms with Crippen molar-refractivity contribution in [3.05, 3.63) is 11.8 Å². The fourth-order valence-electron chi connectivity index (χ4n) is 3.00. The van der Waals surface area contributed by atoms with Crippen LogP contribution >= 0.6 is 11.7 Å². The number of carboxylic acids is 4. The van der Waals surface area contributed by atoms with Gasteiger partial charge in [-0.05, 0) is 51.4 Å². The molecule has 0 amide bonds. The van der Waals surface area contributed by atoms with Crippen LogP contribution in [0.2, 0.25) is 0 Å². The van der Waals surface area contributed by atoms with Gasteiger partial charge in [0.15, 0.2) is 0 Å². The Morgan fingerprint density at radius 2 is 1.55 bits per heavy atom. The summed E-state index contributed by atoms with van der Waals surface area (Å²) < 4.78 is 14.6. The van der Waals surface area contributed by atoms with Gasteiger partial charge >= 0.3 is 23.9 Å². The van der Waals surface area contributed by atoms with Gasteiger partial charge in [-0.25, -0.2) is 19.2 Å². The van der Waals surface area contributed by atoms with Gasteiger partial charge in [0.2, 0.25) is 0 Å². The lowest BCUT2D eigenvalue weighted by Crippen LogP contribution is -2.25. The standard InChI is InChI=1S/C15H24N4OS.2C2H2O4/c1-18-7-4-6-13(12-18)14-15(17-21-16-14)20-11-5-10-19-8-2-3-9-19;2*3-1(4)2(5)6/h6H,2-5,7-12H2,1H3;2*(H,3,4)(H,5,6). The van der Waals surface area contributed by atoms with Crippen LogP contribution in [0.15, 0.2) is 6.08 Å². The van der Waals surface area contributed by atoms with Gasteiger partial charge in [0, 0.05) is 19.6 Å². The van der Waals surface area contributed by atoms with Gasteiger partial charge in [-0.3, -0.25) is 0 Å². The van der Waals surface area contributed by atoms with E-state index >= 15 is 0 Å². The lowest BCUT2D eigenvalue weighted by atomic mass is 10.1. The first-order chi connectivity index (χ1) is 15.6. The highest BCUT2D eigenvalue weighted by molar-refractivity contribution is 6.99. The Hall–Kier alpha value is -3.10. The lowest BCUT2D eigenvalue weighted by Gasteiger charge is -2.22. The monoisotopic (exact) mass is 488 g/mol. The van der Waals surface area contributed by atoms with E-state index in [4.69, 9.17) is 44.3 Å². The van der Waals surface area contributed by atoms with Gasteiger partial charge in [-0.15, -0.1) is 4.37 Å². The molecular weight excluding hydrogens is 460 g/mol. The Morgan fingerprint density at radius 3 is 2.06 bits per heavy atom. The molecule has 0 bridgehead atoms. The topological polar surface area (TPSA) is 191 Å². The first-order valence-electron chi connectivity index (χ1n) is 10.1. The Morgan fingerprint density at radius 1 is 0.970 bits per heavy atom. The van der Waals surface area contributed by atoms with Crippen LogP contribution < -0.4 is 4.74 Å². The highest BCUT2D eigenvalue weighted by Crippen LogP contribution is 2.27. The number of ether oxygens (including phenoxy) is 1. The third-order valence-electron chi connectivity index (χ3n) is 4.53. The van der Waals surface area contributed by atoms with E-state index in [1.807, 2.05) is 0 Å². The fourth-order valence-corrected chi connectivity index (χ4v) is 3.53. The summed E-state index contributed by atoms with van der Waals surface area (Å²) >= 11 is 1.25. The van der Waals surface area contributed by atoms with Gasteiger partial charge in [0.1, 0.15) is 5.69 Å². The van der Waals surface area contributed by atoms with Crippen LogP contribution in [-0.4, -0.2) is 109 Å². The summed E-state index contributed by atoms with van der Waals surface area (Å²) in [6, 6.07) is 0. The molecule has 0 saturated carbocycles. The molecule has 3 rings (SSSR count). The van der Waals surface area contributed by atoms with Crippen molar-refractivity contribution in [3.8, 4) is 5.88 Å². The number of aromatic nitrogens is 2. The third kappa shape index (κ3) is 11.4. The summed E-state index contributed by atoms with van der Waals surface area (Å²) in [5.74, 6) is -6.57. The number of hydrogen-bond donors (Lipinski definition) is 4. The van der Waals surface area contributed by atoms with E-state index in [2.05, 4.69) is 31.7 Å². The smallest absolute Gasteiger partial charge is 0.414 e. The zero-order chi connectivity index (χ0) is 24.8. The molecule has 1 aromatic heterocycles. The molecule has 2 aliphatic heterocycles. The number of likely N-dealkylation sites (N-methyl/N-ethyl adjacent to an activating group) is 1. The van der Waals surface area contributed by atoms with Crippen molar-refractivity contribution in [1.29, 1.82) is 0 Å². The van der Waals surface area contributed by atoms with Crippen molar-refractivity contribution in [1.82, 2.24) is 18.5 Å². The molecule has 33 heavy (non-hydrogen) atoms. The normalized spacial score (nSPS) is 15.8. The van der Waals surface area contributed by atoms with E-state index in [1.54, 1.807) is 0 Å². The highest BCUT2D eigenvalue weighted by atomic mass is 32.1. The van der Waals surface area contributed by atoms with E-state index in [9.17, 15) is 0 Å². The molecule has 14 heteroatoms. The maximum Gasteiger partial charge on any atom is 0.414 e. The van der Waals surface area contributed by atoms with Gasteiger partial charge in [0.05, 0.1) is 18.3 Å². The molecule has 0 unspecified atom stereocenters. The maximum absolute atomic E-state index is 9.10. The first-order valence-corrected chi connectivity index (χ1v) is 10.8. The third-order valence-corrected chi connectivity index (χ3v) is 5.04. The van der Waals surface area contributed by atoms with Crippen molar-refractivity contribution >= 4 is 41.2 Å². The number of carboxylic acid groups (broad SMARTS) is 4. The molecule has 2 aliphatic rings. The second-order valence-electron chi connectivity index (χ2n) is 7.15. The molecule has 0 atom stereocenters. The van der Waals surface area contributed by atoms with Gasteiger partial charge in [0.25, 0.3) is 5.88 Å². The molecule has 0 spiro atoms. The number of nitrogens with zero attached hydrogens (tertiary/aromatic N) is 4.